The summed E-state index contributed by atoms with van der Waals surface area (Å²) in [4.78, 5) is 27.0. The van der Waals surface area contributed by atoms with Crippen molar-refractivity contribution in [3.05, 3.63) is 82.4 Å². The lowest BCUT2D eigenvalue weighted by Gasteiger charge is -2.20. The van der Waals surface area contributed by atoms with Gasteiger partial charge in [-0.2, -0.15) is 0 Å². The number of carbonyl (C=O) groups is 2. The summed E-state index contributed by atoms with van der Waals surface area (Å²) in [6, 6.07) is 17.8. The first-order valence-corrected chi connectivity index (χ1v) is 10.4. The van der Waals surface area contributed by atoms with Crippen molar-refractivity contribution in [1.29, 1.82) is 0 Å². The van der Waals surface area contributed by atoms with E-state index in [0.717, 1.165) is 11.1 Å². The molecule has 5 rings (SSSR count). The molecule has 8 heteroatoms. The number of ether oxygens (including phenoxy) is 3. The second-order valence-electron chi connectivity index (χ2n) is 7.48. The van der Waals surface area contributed by atoms with Crippen LogP contribution in [0.5, 0.6) is 17.2 Å². The van der Waals surface area contributed by atoms with Crippen LogP contribution in [0, 0.1) is 0 Å². The van der Waals surface area contributed by atoms with E-state index >= 15 is 0 Å². The standard InChI is InChI=1S/C24H19ClN2O5/c25-19-4-2-1-3-18(19)24(29)26-17-6-8-20-16(10-17)12-27(23(28)13-30-20)11-15-5-7-21-22(9-15)32-14-31-21/h1-10H,11-14H2,(H,26,29). The second kappa shape index (κ2) is 8.43. The molecule has 32 heavy (non-hydrogen) atoms. The zero-order valence-electron chi connectivity index (χ0n) is 17.0. The zero-order valence-corrected chi connectivity index (χ0v) is 17.7. The van der Waals surface area contributed by atoms with Gasteiger partial charge in [0.25, 0.3) is 11.8 Å². The lowest BCUT2D eigenvalue weighted by atomic mass is 10.1. The monoisotopic (exact) mass is 450 g/mol. The quantitative estimate of drug-likeness (QED) is 0.643. The molecule has 162 valence electrons. The molecule has 3 aromatic carbocycles. The van der Waals surface area contributed by atoms with Gasteiger partial charge in [-0.05, 0) is 48.0 Å². The number of benzene rings is 3. The Kier molecular flexibility index (Phi) is 5.33. The lowest BCUT2D eigenvalue weighted by Crippen LogP contribution is -2.31. The summed E-state index contributed by atoms with van der Waals surface area (Å²) in [5.74, 6) is 1.55. The summed E-state index contributed by atoms with van der Waals surface area (Å²) in [7, 11) is 0. The fraction of sp³-hybridized carbons (Fsp3) is 0.167. The summed E-state index contributed by atoms with van der Waals surface area (Å²) >= 11 is 6.13. The van der Waals surface area contributed by atoms with Gasteiger partial charge < -0.3 is 24.4 Å². The van der Waals surface area contributed by atoms with Gasteiger partial charge >= 0.3 is 0 Å². The van der Waals surface area contributed by atoms with Crippen molar-refractivity contribution < 1.29 is 23.8 Å². The molecule has 0 bridgehead atoms. The average Bonchev–Trinajstić information content (AvgIpc) is 3.20. The highest BCUT2D eigenvalue weighted by atomic mass is 35.5. The maximum Gasteiger partial charge on any atom is 0.261 e. The number of fused-ring (bicyclic) bond motifs is 2. The van der Waals surface area contributed by atoms with Crippen molar-refractivity contribution >= 4 is 29.1 Å². The molecule has 1 N–H and O–H groups in total. The Hall–Kier alpha value is -3.71. The van der Waals surface area contributed by atoms with Gasteiger partial charge in [0.15, 0.2) is 18.1 Å². The van der Waals surface area contributed by atoms with Crippen LogP contribution in [-0.2, 0) is 17.9 Å². The SMILES string of the molecule is O=C(Nc1ccc2c(c1)CN(Cc1ccc3c(c1)OCO3)C(=O)CO2)c1ccccc1Cl. The van der Waals surface area contributed by atoms with Crippen molar-refractivity contribution in [2.75, 3.05) is 18.7 Å². The lowest BCUT2D eigenvalue weighted by molar-refractivity contribution is -0.133. The largest absolute Gasteiger partial charge is 0.483 e. The van der Waals surface area contributed by atoms with Crippen LogP contribution in [0.25, 0.3) is 0 Å². The molecule has 2 heterocycles. The van der Waals surface area contributed by atoms with Crippen LogP contribution in [0.15, 0.2) is 60.7 Å². The van der Waals surface area contributed by atoms with Gasteiger partial charge in [-0.3, -0.25) is 9.59 Å². The highest BCUT2D eigenvalue weighted by Crippen LogP contribution is 2.34. The molecule has 0 saturated heterocycles. The molecule has 0 unspecified atom stereocenters. The third-order valence-corrected chi connectivity index (χ3v) is 5.64. The fourth-order valence-corrected chi connectivity index (χ4v) is 3.92. The maximum absolute atomic E-state index is 12.7. The van der Waals surface area contributed by atoms with E-state index in [2.05, 4.69) is 5.32 Å². The minimum Gasteiger partial charge on any atom is -0.483 e. The fourth-order valence-electron chi connectivity index (χ4n) is 3.69. The summed E-state index contributed by atoms with van der Waals surface area (Å²) in [5.41, 5.74) is 2.71. The van der Waals surface area contributed by atoms with E-state index in [1.54, 1.807) is 41.3 Å². The number of halogens is 1. The molecule has 0 saturated carbocycles. The predicted molar refractivity (Wildman–Crippen MR) is 118 cm³/mol. The van der Waals surface area contributed by atoms with Crippen LogP contribution in [0.1, 0.15) is 21.5 Å². The van der Waals surface area contributed by atoms with Crippen LogP contribution >= 0.6 is 11.6 Å². The topological polar surface area (TPSA) is 77.1 Å². The van der Waals surface area contributed by atoms with Gasteiger partial charge in [0.1, 0.15) is 5.75 Å². The normalized spacial score (nSPS) is 14.4. The first kappa shape index (κ1) is 20.2. The summed E-state index contributed by atoms with van der Waals surface area (Å²) in [5, 5.41) is 3.24. The number of hydrogen-bond donors (Lipinski definition) is 1. The van der Waals surface area contributed by atoms with Gasteiger partial charge in [-0.25, -0.2) is 0 Å². The van der Waals surface area contributed by atoms with Gasteiger partial charge in [0.2, 0.25) is 6.79 Å². The van der Waals surface area contributed by atoms with Crippen LogP contribution in [0.3, 0.4) is 0 Å². The predicted octanol–water partition coefficient (Wildman–Crippen LogP) is 4.24. The van der Waals surface area contributed by atoms with E-state index in [-0.39, 0.29) is 25.2 Å². The zero-order chi connectivity index (χ0) is 22.1. The van der Waals surface area contributed by atoms with Crippen molar-refractivity contribution in [3.8, 4) is 17.2 Å². The van der Waals surface area contributed by atoms with Crippen LogP contribution in [0.2, 0.25) is 5.02 Å². The second-order valence-corrected chi connectivity index (χ2v) is 7.89. The van der Waals surface area contributed by atoms with Crippen molar-refractivity contribution in [1.82, 2.24) is 4.90 Å². The first-order chi connectivity index (χ1) is 15.6. The molecule has 2 amide bonds. The Morgan fingerprint density at radius 2 is 1.78 bits per heavy atom. The molecule has 2 aliphatic heterocycles. The minimum atomic E-state index is -0.307. The van der Waals surface area contributed by atoms with E-state index < -0.39 is 0 Å². The molecule has 3 aromatic rings. The third-order valence-electron chi connectivity index (χ3n) is 5.31. The van der Waals surface area contributed by atoms with E-state index in [1.165, 1.54) is 0 Å². The Bertz CT molecular complexity index is 1210. The number of anilines is 1. The molecule has 0 fully saturated rings. The van der Waals surface area contributed by atoms with E-state index in [9.17, 15) is 9.59 Å². The first-order valence-electron chi connectivity index (χ1n) is 10.0. The Balaban J connectivity index is 1.35. The summed E-state index contributed by atoms with van der Waals surface area (Å²) < 4.78 is 16.5. The maximum atomic E-state index is 12.7. The van der Waals surface area contributed by atoms with E-state index in [0.29, 0.717) is 46.6 Å². The van der Waals surface area contributed by atoms with E-state index in [1.807, 2.05) is 24.3 Å². The molecule has 0 radical (unpaired) electrons. The number of nitrogens with zero attached hydrogens (tertiary/aromatic N) is 1. The highest BCUT2D eigenvalue weighted by molar-refractivity contribution is 6.34. The third kappa shape index (κ3) is 4.07. The number of carbonyl (C=O) groups excluding carboxylic acids is 2. The molecular weight excluding hydrogens is 432 g/mol. The van der Waals surface area contributed by atoms with Crippen molar-refractivity contribution in [2.24, 2.45) is 0 Å². The highest BCUT2D eigenvalue weighted by Gasteiger charge is 2.23. The van der Waals surface area contributed by atoms with Gasteiger partial charge in [-0.15, -0.1) is 0 Å². The molecule has 7 nitrogen and oxygen atoms in total. The van der Waals surface area contributed by atoms with E-state index in [4.69, 9.17) is 25.8 Å². The summed E-state index contributed by atoms with van der Waals surface area (Å²) in [6.45, 7) is 0.890. The van der Waals surface area contributed by atoms with Crippen molar-refractivity contribution in [2.45, 2.75) is 13.1 Å². The van der Waals surface area contributed by atoms with Gasteiger partial charge in [0.05, 0.1) is 10.6 Å². The Morgan fingerprint density at radius 1 is 0.969 bits per heavy atom. The number of hydrogen-bond acceptors (Lipinski definition) is 5. The molecule has 0 aromatic heterocycles. The Labute approximate surface area is 189 Å². The molecular formula is C24H19ClN2O5. The molecule has 0 aliphatic carbocycles. The minimum absolute atomic E-state index is 0.0527. The van der Waals surface area contributed by atoms with Gasteiger partial charge in [-0.1, -0.05) is 29.8 Å². The Morgan fingerprint density at radius 3 is 2.66 bits per heavy atom. The smallest absolute Gasteiger partial charge is 0.261 e. The number of rotatable bonds is 4. The van der Waals surface area contributed by atoms with Crippen molar-refractivity contribution in [3.63, 3.8) is 0 Å². The van der Waals surface area contributed by atoms with Crippen LogP contribution in [-0.4, -0.2) is 30.1 Å². The van der Waals surface area contributed by atoms with Crippen LogP contribution < -0.4 is 19.5 Å². The van der Waals surface area contributed by atoms with Gasteiger partial charge in [0, 0.05) is 24.3 Å². The van der Waals surface area contributed by atoms with Crippen LogP contribution in [0.4, 0.5) is 5.69 Å². The summed E-state index contributed by atoms with van der Waals surface area (Å²) in [6.07, 6.45) is 0. The number of nitrogens with one attached hydrogen (secondary N) is 1. The average molecular weight is 451 g/mol. The molecule has 0 spiro atoms. The molecule has 2 aliphatic rings. The molecule has 0 atom stereocenters. The number of amides is 2.